The van der Waals surface area contributed by atoms with Gasteiger partial charge < -0.3 is 14.6 Å². The number of aryl methyl sites for hydroxylation is 2. The standard InChI is InChI=1S/C16H25N3O.HI/c1-12-9-14(13(2)20-12)10-18-15(17-3)19-8-7-16(11-19)5-4-6-16;/h9H,4-8,10-11H2,1-3H3,(H,17,18);1H. The minimum atomic E-state index is 0. The second-order valence-electron chi connectivity index (χ2n) is 6.36. The molecular formula is C16H26IN3O. The zero-order valence-corrected chi connectivity index (χ0v) is 15.6. The lowest BCUT2D eigenvalue weighted by Crippen LogP contribution is -2.42. The lowest BCUT2D eigenvalue weighted by Gasteiger charge is -2.38. The van der Waals surface area contributed by atoms with Crippen molar-refractivity contribution >= 4 is 29.9 Å². The summed E-state index contributed by atoms with van der Waals surface area (Å²) in [6.45, 7) is 7.12. The maximum Gasteiger partial charge on any atom is 0.193 e. The highest BCUT2D eigenvalue weighted by atomic mass is 127. The first-order valence-electron chi connectivity index (χ1n) is 7.63. The zero-order chi connectivity index (χ0) is 14.2. The molecule has 1 N–H and O–H groups in total. The third-order valence-electron chi connectivity index (χ3n) is 4.94. The smallest absolute Gasteiger partial charge is 0.193 e. The van der Waals surface area contributed by atoms with Gasteiger partial charge in [0.25, 0.3) is 0 Å². The van der Waals surface area contributed by atoms with Crippen molar-refractivity contribution < 1.29 is 4.42 Å². The first kappa shape index (κ1) is 16.6. The minimum absolute atomic E-state index is 0. The fourth-order valence-electron chi connectivity index (χ4n) is 3.57. The van der Waals surface area contributed by atoms with Crippen LogP contribution >= 0.6 is 24.0 Å². The molecule has 2 aliphatic rings. The predicted octanol–water partition coefficient (Wildman–Crippen LogP) is 3.47. The van der Waals surface area contributed by atoms with Crippen molar-refractivity contribution in [3.05, 3.63) is 23.2 Å². The van der Waals surface area contributed by atoms with Crippen LogP contribution in [0.1, 0.15) is 42.8 Å². The molecule has 0 unspecified atom stereocenters. The van der Waals surface area contributed by atoms with E-state index in [0.29, 0.717) is 5.41 Å². The van der Waals surface area contributed by atoms with Gasteiger partial charge in [-0.25, -0.2) is 0 Å². The number of halogens is 1. The van der Waals surface area contributed by atoms with Crippen LogP contribution in [-0.4, -0.2) is 31.0 Å². The fraction of sp³-hybridized carbons (Fsp3) is 0.688. The largest absolute Gasteiger partial charge is 0.466 e. The van der Waals surface area contributed by atoms with Gasteiger partial charge in [0.05, 0.1) is 0 Å². The third kappa shape index (κ3) is 3.38. The van der Waals surface area contributed by atoms with Crippen LogP contribution < -0.4 is 5.32 Å². The van der Waals surface area contributed by atoms with Gasteiger partial charge in [0.15, 0.2) is 5.96 Å². The van der Waals surface area contributed by atoms with Crippen molar-refractivity contribution in [3.63, 3.8) is 0 Å². The van der Waals surface area contributed by atoms with Crippen molar-refractivity contribution in [3.8, 4) is 0 Å². The van der Waals surface area contributed by atoms with E-state index < -0.39 is 0 Å². The Morgan fingerprint density at radius 1 is 1.38 bits per heavy atom. The molecule has 5 heteroatoms. The van der Waals surface area contributed by atoms with E-state index in [1.165, 1.54) is 37.8 Å². The third-order valence-corrected chi connectivity index (χ3v) is 4.94. The Morgan fingerprint density at radius 2 is 2.14 bits per heavy atom. The summed E-state index contributed by atoms with van der Waals surface area (Å²) < 4.78 is 5.57. The van der Waals surface area contributed by atoms with Crippen molar-refractivity contribution in [2.75, 3.05) is 20.1 Å². The number of hydrogen-bond acceptors (Lipinski definition) is 2. The number of nitrogens with zero attached hydrogens (tertiary/aromatic N) is 2. The lowest BCUT2D eigenvalue weighted by molar-refractivity contribution is 0.151. The monoisotopic (exact) mass is 403 g/mol. The molecule has 0 bridgehead atoms. The summed E-state index contributed by atoms with van der Waals surface area (Å²) in [5, 5.41) is 3.48. The molecule has 1 aliphatic carbocycles. The number of likely N-dealkylation sites (tertiary alicyclic amines) is 1. The summed E-state index contributed by atoms with van der Waals surface area (Å²) in [5.41, 5.74) is 1.83. The quantitative estimate of drug-likeness (QED) is 0.467. The number of nitrogens with one attached hydrogen (secondary N) is 1. The van der Waals surface area contributed by atoms with E-state index >= 15 is 0 Å². The number of rotatable bonds is 2. The molecular weight excluding hydrogens is 377 g/mol. The van der Waals surface area contributed by atoms with Gasteiger partial charge in [0, 0.05) is 32.2 Å². The van der Waals surface area contributed by atoms with Crippen LogP contribution in [0.2, 0.25) is 0 Å². The highest BCUT2D eigenvalue weighted by molar-refractivity contribution is 14.0. The average molecular weight is 403 g/mol. The van der Waals surface area contributed by atoms with Gasteiger partial charge in [-0.2, -0.15) is 0 Å². The Morgan fingerprint density at radius 3 is 2.62 bits per heavy atom. The van der Waals surface area contributed by atoms with E-state index in [0.717, 1.165) is 30.6 Å². The van der Waals surface area contributed by atoms with Gasteiger partial charge in [0.2, 0.25) is 0 Å². The summed E-state index contributed by atoms with van der Waals surface area (Å²) in [6, 6.07) is 2.10. The molecule has 0 amide bonds. The number of hydrogen-bond donors (Lipinski definition) is 1. The van der Waals surface area contributed by atoms with Gasteiger partial charge in [-0.3, -0.25) is 4.99 Å². The zero-order valence-electron chi connectivity index (χ0n) is 13.2. The second kappa shape index (κ2) is 6.58. The minimum Gasteiger partial charge on any atom is -0.466 e. The Hall–Kier alpha value is -0.720. The first-order valence-corrected chi connectivity index (χ1v) is 7.63. The lowest BCUT2D eigenvalue weighted by atomic mass is 9.68. The van der Waals surface area contributed by atoms with E-state index in [1.807, 2.05) is 20.9 Å². The van der Waals surface area contributed by atoms with Gasteiger partial charge in [-0.05, 0) is 44.6 Å². The van der Waals surface area contributed by atoms with Crippen molar-refractivity contribution in [1.82, 2.24) is 10.2 Å². The topological polar surface area (TPSA) is 40.8 Å². The van der Waals surface area contributed by atoms with Gasteiger partial charge in [0.1, 0.15) is 11.5 Å². The van der Waals surface area contributed by atoms with Crippen molar-refractivity contribution in [2.24, 2.45) is 10.4 Å². The van der Waals surface area contributed by atoms with E-state index in [-0.39, 0.29) is 24.0 Å². The highest BCUT2D eigenvalue weighted by Crippen LogP contribution is 2.47. The SMILES string of the molecule is CN=C(NCc1cc(C)oc1C)N1CCC2(CCC2)C1.I. The first-order chi connectivity index (χ1) is 9.62. The molecule has 1 aromatic heterocycles. The van der Waals surface area contributed by atoms with Crippen molar-refractivity contribution in [1.29, 1.82) is 0 Å². The number of aliphatic imine (C=N–C) groups is 1. The number of guanidine groups is 1. The molecule has 1 aliphatic heterocycles. The molecule has 0 atom stereocenters. The van der Waals surface area contributed by atoms with Crippen LogP contribution in [0.15, 0.2) is 15.5 Å². The molecule has 4 nitrogen and oxygen atoms in total. The number of furan rings is 1. The molecule has 1 spiro atoms. The Labute approximate surface area is 144 Å². The van der Waals surface area contributed by atoms with Crippen molar-refractivity contribution in [2.45, 2.75) is 46.1 Å². The molecule has 1 saturated carbocycles. The molecule has 2 heterocycles. The van der Waals surface area contributed by atoms with Crippen LogP contribution in [0.25, 0.3) is 0 Å². The van der Waals surface area contributed by atoms with Gasteiger partial charge >= 0.3 is 0 Å². The average Bonchev–Trinajstić information content (AvgIpc) is 2.94. The molecule has 1 saturated heterocycles. The van der Waals surface area contributed by atoms with E-state index in [2.05, 4.69) is 21.3 Å². The van der Waals surface area contributed by atoms with Crippen LogP contribution in [0, 0.1) is 19.3 Å². The summed E-state index contributed by atoms with van der Waals surface area (Å²) in [4.78, 5) is 6.86. The maximum absolute atomic E-state index is 5.57. The predicted molar refractivity (Wildman–Crippen MR) is 96.3 cm³/mol. The normalized spacial score (nSPS) is 20.3. The summed E-state index contributed by atoms with van der Waals surface area (Å²) >= 11 is 0. The Kier molecular flexibility index (Phi) is 5.22. The highest BCUT2D eigenvalue weighted by Gasteiger charge is 2.43. The molecule has 0 radical (unpaired) electrons. The Bertz CT molecular complexity index is 520. The van der Waals surface area contributed by atoms with E-state index in [9.17, 15) is 0 Å². The Balaban J connectivity index is 0.00000161. The molecule has 118 valence electrons. The van der Waals surface area contributed by atoms with Gasteiger partial charge in [-0.1, -0.05) is 6.42 Å². The van der Waals surface area contributed by atoms with Gasteiger partial charge in [-0.15, -0.1) is 24.0 Å². The fourth-order valence-corrected chi connectivity index (χ4v) is 3.57. The maximum atomic E-state index is 5.57. The van der Waals surface area contributed by atoms with Crippen LogP contribution in [0.3, 0.4) is 0 Å². The van der Waals surface area contributed by atoms with Crippen LogP contribution in [0.5, 0.6) is 0 Å². The summed E-state index contributed by atoms with van der Waals surface area (Å²) in [7, 11) is 1.88. The van der Waals surface area contributed by atoms with Crippen LogP contribution in [-0.2, 0) is 6.54 Å². The summed E-state index contributed by atoms with van der Waals surface area (Å²) in [6.07, 6.45) is 5.55. The van der Waals surface area contributed by atoms with E-state index in [1.54, 1.807) is 0 Å². The molecule has 3 rings (SSSR count). The van der Waals surface area contributed by atoms with Crippen LogP contribution in [0.4, 0.5) is 0 Å². The summed E-state index contributed by atoms with van der Waals surface area (Å²) in [5.74, 6) is 3.01. The molecule has 1 aromatic rings. The van der Waals surface area contributed by atoms with E-state index in [4.69, 9.17) is 4.42 Å². The molecule has 2 fully saturated rings. The molecule has 0 aromatic carbocycles. The second-order valence-corrected chi connectivity index (χ2v) is 6.36. The molecule has 21 heavy (non-hydrogen) atoms.